The topological polar surface area (TPSA) is 65.6 Å². The maximum atomic E-state index is 13.7. The number of fused-ring (bicyclic) bond motifs is 1. The van der Waals surface area contributed by atoms with E-state index in [4.69, 9.17) is 4.74 Å². The lowest BCUT2D eigenvalue weighted by atomic mass is 10.1. The molecule has 1 aliphatic carbocycles. The maximum Gasteiger partial charge on any atom is 0.242 e. The SMILES string of the molecule is COc1ccc(CN(CCc2c[nH]c3ccccc23)C(=O)CN(C(=O)CSc2ccccc2)C2CC2)cc1. The van der Waals surface area contributed by atoms with Crippen molar-refractivity contribution in [1.29, 1.82) is 0 Å². The van der Waals surface area contributed by atoms with Crippen molar-refractivity contribution >= 4 is 34.5 Å². The second kappa shape index (κ2) is 12.2. The van der Waals surface area contributed by atoms with Crippen molar-refractivity contribution in [3.05, 3.63) is 96.2 Å². The summed E-state index contributed by atoms with van der Waals surface area (Å²) in [5.41, 5.74) is 3.31. The standard InChI is InChI=1S/C31H33N3O3S/c1-37-26-15-11-23(12-16-26)20-33(18-17-24-19-32-29-10-6-5-9-28(24)29)30(35)21-34(25-13-14-25)31(36)22-38-27-7-3-2-4-8-27/h2-12,15-16,19,25,32H,13-14,17-18,20-22H2,1H3. The number of para-hydroxylation sites is 1. The van der Waals surface area contributed by atoms with Crippen LogP contribution >= 0.6 is 11.8 Å². The number of hydrogen-bond donors (Lipinski definition) is 1. The molecular weight excluding hydrogens is 494 g/mol. The maximum absolute atomic E-state index is 13.7. The lowest BCUT2D eigenvalue weighted by Crippen LogP contribution is -2.45. The first kappa shape index (κ1) is 25.9. The quantitative estimate of drug-likeness (QED) is 0.246. The molecule has 0 bridgehead atoms. The van der Waals surface area contributed by atoms with E-state index in [1.165, 1.54) is 22.7 Å². The lowest BCUT2D eigenvalue weighted by Gasteiger charge is -2.28. The first-order chi connectivity index (χ1) is 18.6. The molecule has 6 nitrogen and oxygen atoms in total. The van der Waals surface area contributed by atoms with Gasteiger partial charge in [-0.25, -0.2) is 0 Å². The van der Waals surface area contributed by atoms with Crippen molar-refractivity contribution in [2.24, 2.45) is 0 Å². The molecule has 3 aromatic carbocycles. The molecule has 1 saturated carbocycles. The van der Waals surface area contributed by atoms with Crippen molar-refractivity contribution in [3.63, 3.8) is 0 Å². The highest BCUT2D eigenvalue weighted by molar-refractivity contribution is 8.00. The van der Waals surface area contributed by atoms with Gasteiger partial charge in [0.15, 0.2) is 0 Å². The first-order valence-electron chi connectivity index (χ1n) is 13.0. The van der Waals surface area contributed by atoms with Gasteiger partial charge in [-0.2, -0.15) is 0 Å². The monoisotopic (exact) mass is 527 g/mol. The highest BCUT2D eigenvalue weighted by Gasteiger charge is 2.34. The Morgan fingerprint density at radius 2 is 1.68 bits per heavy atom. The number of benzene rings is 3. The van der Waals surface area contributed by atoms with Crippen LogP contribution in [-0.4, -0.2) is 58.6 Å². The van der Waals surface area contributed by atoms with Gasteiger partial charge in [-0.15, -0.1) is 11.8 Å². The molecule has 1 aromatic heterocycles. The molecule has 0 unspecified atom stereocenters. The number of nitrogens with zero attached hydrogens (tertiary/aromatic N) is 2. The number of carbonyl (C=O) groups is 2. The molecule has 38 heavy (non-hydrogen) atoms. The van der Waals surface area contributed by atoms with Gasteiger partial charge < -0.3 is 19.5 Å². The fraction of sp³-hybridized carbons (Fsp3) is 0.290. The normalized spacial score (nSPS) is 12.9. The summed E-state index contributed by atoms with van der Waals surface area (Å²) in [5, 5.41) is 1.18. The van der Waals surface area contributed by atoms with Crippen LogP contribution in [0.3, 0.4) is 0 Å². The molecule has 1 aliphatic rings. The van der Waals surface area contributed by atoms with Crippen LogP contribution in [0.2, 0.25) is 0 Å². The Kier molecular flexibility index (Phi) is 8.34. The van der Waals surface area contributed by atoms with Gasteiger partial charge in [-0.1, -0.05) is 48.5 Å². The van der Waals surface area contributed by atoms with Crippen LogP contribution in [0, 0.1) is 0 Å². The number of H-pyrrole nitrogens is 1. The van der Waals surface area contributed by atoms with Crippen molar-refractivity contribution in [2.45, 2.75) is 36.7 Å². The minimum atomic E-state index is -0.0226. The number of thioether (sulfide) groups is 1. The summed E-state index contributed by atoms with van der Waals surface area (Å²) in [4.78, 5) is 35.0. The molecule has 0 aliphatic heterocycles. The average molecular weight is 528 g/mol. The van der Waals surface area contributed by atoms with E-state index in [1.807, 2.05) is 77.8 Å². The van der Waals surface area contributed by atoms with Crippen LogP contribution in [0.25, 0.3) is 10.9 Å². The Labute approximate surface area is 228 Å². The number of ether oxygens (including phenoxy) is 1. The van der Waals surface area contributed by atoms with Gasteiger partial charge in [0.1, 0.15) is 12.3 Å². The molecule has 0 spiro atoms. The third-order valence-corrected chi connectivity index (χ3v) is 7.93. The van der Waals surface area contributed by atoms with Crippen LogP contribution in [0.5, 0.6) is 5.75 Å². The van der Waals surface area contributed by atoms with E-state index in [9.17, 15) is 9.59 Å². The number of rotatable bonds is 12. The van der Waals surface area contributed by atoms with Gasteiger partial charge >= 0.3 is 0 Å². The minimum Gasteiger partial charge on any atom is -0.497 e. The second-order valence-electron chi connectivity index (χ2n) is 9.63. The zero-order valence-electron chi connectivity index (χ0n) is 21.6. The lowest BCUT2D eigenvalue weighted by molar-refractivity contribution is -0.140. The minimum absolute atomic E-state index is 0.0226. The zero-order chi connectivity index (χ0) is 26.3. The molecule has 0 radical (unpaired) electrons. The number of carbonyl (C=O) groups excluding carboxylic acids is 2. The molecule has 5 rings (SSSR count). The van der Waals surface area contributed by atoms with E-state index in [1.54, 1.807) is 12.0 Å². The molecule has 0 saturated heterocycles. The summed E-state index contributed by atoms with van der Waals surface area (Å²) in [6.07, 6.45) is 4.68. The van der Waals surface area contributed by atoms with E-state index >= 15 is 0 Å². The fourth-order valence-corrected chi connectivity index (χ4v) is 5.44. The summed E-state index contributed by atoms with van der Waals surface area (Å²) >= 11 is 1.52. The van der Waals surface area contributed by atoms with Crippen LogP contribution in [0.15, 0.2) is 90.0 Å². The van der Waals surface area contributed by atoms with E-state index in [0.717, 1.165) is 41.0 Å². The molecule has 1 fully saturated rings. The largest absolute Gasteiger partial charge is 0.497 e. The highest BCUT2D eigenvalue weighted by atomic mass is 32.2. The van der Waals surface area contributed by atoms with Crippen molar-refractivity contribution in [3.8, 4) is 5.75 Å². The zero-order valence-corrected chi connectivity index (χ0v) is 22.5. The predicted molar refractivity (Wildman–Crippen MR) is 152 cm³/mol. The third-order valence-electron chi connectivity index (χ3n) is 6.93. The van der Waals surface area contributed by atoms with E-state index in [-0.39, 0.29) is 24.4 Å². The van der Waals surface area contributed by atoms with Crippen LogP contribution in [0.4, 0.5) is 0 Å². The predicted octanol–water partition coefficient (Wildman–Crippen LogP) is 5.53. The molecule has 196 valence electrons. The van der Waals surface area contributed by atoms with Gasteiger partial charge in [0, 0.05) is 41.1 Å². The Morgan fingerprint density at radius 3 is 2.42 bits per heavy atom. The first-order valence-corrected chi connectivity index (χ1v) is 14.0. The molecule has 7 heteroatoms. The smallest absolute Gasteiger partial charge is 0.242 e. The van der Waals surface area contributed by atoms with Gasteiger partial charge in [-0.3, -0.25) is 9.59 Å². The molecule has 4 aromatic rings. The number of nitrogens with one attached hydrogen (secondary N) is 1. The van der Waals surface area contributed by atoms with Gasteiger partial charge in [0.25, 0.3) is 0 Å². The summed E-state index contributed by atoms with van der Waals surface area (Å²) < 4.78 is 5.30. The third kappa shape index (κ3) is 6.58. The van der Waals surface area contributed by atoms with Crippen LogP contribution < -0.4 is 4.74 Å². The Bertz CT molecular complexity index is 1370. The van der Waals surface area contributed by atoms with Crippen LogP contribution in [0.1, 0.15) is 24.0 Å². The number of aromatic nitrogens is 1. The van der Waals surface area contributed by atoms with E-state index in [0.29, 0.717) is 18.8 Å². The van der Waals surface area contributed by atoms with E-state index in [2.05, 4.69) is 17.1 Å². The van der Waals surface area contributed by atoms with Crippen molar-refractivity contribution in [1.82, 2.24) is 14.8 Å². The average Bonchev–Trinajstić information content (AvgIpc) is 3.72. The molecule has 1 heterocycles. The molecule has 1 N–H and O–H groups in total. The Hall–Kier alpha value is -3.71. The van der Waals surface area contributed by atoms with Crippen molar-refractivity contribution < 1.29 is 14.3 Å². The number of hydrogen-bond acceptors (Lipinski definition) is 4. The van der Waals surface area contributed by atoms with Gasteiger partial charge in [-0.05, 0) is 60.7 Å². The summed E-state index contributed by atoms with van der Waals surface area (Å²) in [6.45, 7) is 1.16. The summed E-state index contributed by atoms with van der Waals surface area (Å²) in [7, 11) is 1.64. The Morgan fingerprint density at radius 1 is 0.947 bits per heavy atom. The van der Waals surface area contributed by atoms with Gasteiger partial charge in [0.2, 0.25) is 11.8 Å². The highest BCUT2D eigenvalue weighted by Crippen LogP contribution is 2.29. The Balaban J connectivity index is 1.29. The fourth-order valence-electron chi connectivity index (χ4n) is 4.63. The molecule has 0 atom stereocenters. The second-order valence-corrected chi connectivity index (χ2v) is 10.7. The molecule has 2 amide bonds. The van der Waals surface area contributed by atoms with Gasteiger partial charge in [0.05, 0.1) is 12.9 Å². The number of methoxy groups -OCH3 is 1. The summed E-state index contributed by atoms with van der Waals surface area (Å²) in [5.74, 6) is 1.12. The summed E-state index contributed by atoms with van der Waals surface area (Å²) in [6, 6.07) is 26.1. The number of amides is 2. The van der Waals surface area contributed by atoms with Crippen molar-refractivity contribution in [2.75, 3.05) is 26.0 Å². The number of aromatic amines is 1. The molecular formula is C31H33N3O3S. The van der Waals surface area contributed by atoms with E-state index < -0.39 is 0 Å². The van der Waals surface area contributed by atoms with Crippen LogP contribution in [-0.2, 0) is 22.6 Å².